The number of H-pyrrole nitrogens is 2. The van der Waals surface area contributed by atoms with Crippen LogP contribution in [0, 0.1) is 17.5 Å². The Kier molecular flexibility index (Phi) is 5.20. The molecular formula is C18H15F3N2O4. The van der Waals surface area contributed by atoms with Crippen LogP contribution in [0.5, 0.6) is 0 Å². The first-order valence-corrected chi connectivity index (χ1v) is 7.93. The van der Waals surface area contributed by atoms with Crippen molar-refractivity contribution in [1.82, 2.24) is 10.2 Å². The fraction of sp³-hybridized carbons (Fsp3) is 0.222. The Hall–Kier alpha value is -3.23. The highest BCUT2D eigenvalue weighted by atomic mass is 19.2. The molecule has 0 fully saturated rings. The zero-order valence-corrected chi connectivity index (χ0v) is 14.1. The predicted molar refractivity (Wildman–Crippen MR) is 87.7 cm³/mol. The highest BCUT2D eigenvalue weighted by molar-refractivity contribution is 5.71. The highest BCUT2D eigenvalue weighted by Gasteiger charge is 2.28. The van der Waals surface area contributed by atoms with Crippen LogP contribution in [0.2, 0.25) is 0 Å². The first-order chi connectivity index (χ1) is 12.9. The van der Waals surface area contributed by atoms with Gasteiger partial charge in [0.1, 0.15) is 11.6 Å². The summed E-state index contributed by atoms with van der Waals surface area (Å²) in [5, 5.41) is 4.98. The first kappa shape index (κ1) is 18.6. The summed E-state index contributed by atoms with van der Waals surface area (Å²) in [5.74, 6) is -4.52. The van der Waals surface area contributed by atoms with Crippen molar-refractivity contribution in [2.75, 3.05) is 7.11 Å². The van der Waals surface area contributed by atoms with Crippen LogP contribution >= 0.6 is 0 Å². The molecule has 142 valence electrons. The molecule has 0 radical (unpaired) electrons. The average Bonchev–Trinajstić information content (AvgIpc) is 3.28. The smallest absolute Gasteiger partial charge is 0.306 e. The van der Waals surface area contributed by atoms with Crippen molar-refractivity contribution < 1.29 is 27.1 Å². The largest absolute Gasteiger partial charge is 0.469 e. The van der Waals surface area contributed by atoms with Crippen LogP contribution in [0.15, 0.2) is 39.7 Å². The first-order valence-electron chi connectivity index (χ1n) is 7.93. The number of hydrogen-bond acceptors (Lipinski definition) is 4. The Morgan fingerprint density at radius 1 is 1.19 bits per heavy atom. The van der Waals surface area contributed by atoms with Crippen molar-refractivity contribution in [3.63, 3.8) is 0 Å². The number of carbonyl (C=O) groups is 1. The monoisotopic (exact) mass is 380 g/mol. The second kappa shape index (κ2) is 7.56. The molecule has 3 rings (SSSR count). The van der Waals surface area contributed by atoms with Crippen LogP contribution in [0.25, 0.3) is 0 Å². The van der Waals surface area contributed by atoms with E-state index in [9.17, 15) is 22.8 Å². The molecule has 1 unspecified atom stereocenters. The Bertz CT molecular complexity index is 1010. The minimum Gasteiger partial charge on any atom is -0.469 e. The van der Waals surface area contributed by atoms with Gasteiger partial charge in [0.25, 0.3) is 5.56 Å². The maximum atomic E-state index is 14.0. The van der Waals surface area contributed by atoms with Gasteiger partial charge in [-0.05, 0) is 23.8 Å². The molecule has 3 aromatic rings. The number of aromatic amines is 2. The van der Waals surface area contributed by atoms with Crippen LogP contribution in [-0.4, -0.2) is 23.3 Å². The van der Waals surface area contributed by atoms with E-state index in [1.807, 2.05) is 0 Å². The summed E-state index contributed by atoms with van der Waals surface area (Å²) in [6.07, 6.45) is 0.961. The van der Waals surface area contributed by atoms with Gasteiger partial charge >= 0.3 is 5.97 Å². The van der Waals surface area contributed by atoms with Crippen LogP contribution in [0.4, 0.5) is 13.2 Å². The van der Waals surface area contributed by atoms with Crippen molar-refractivity contribution in [1.29, 1.82) is 0 Å². The number of aromatic nitrogens is 2. The molecule has 0 aliphatic heterocycles. The van der Waals surface area contributed by atoms with Crippen LogP contribution in [0.3, 0.4) is 0 Å². The summed E-state index contributed by atoms with van der Waals surface area (Å²) in [4.78, 5) is 24.1. The molecule has 2 heterocycles. The van der Waals surface area contributed by atoms with Gasteiger partial charge in [-0.1, -0.05) is 0 Å². The lowest BCUT2D eigenvalue weighted by Crippen LogP contribution is -2.17. The normalized spacial score (nSPS) is 12.1. The van der Waals surface area contributed by atoms with Crippen LogP contribution in [-0.2, 0) is 16.0 Å². The Balaban J connectivity index is 2.03. The summed E-state index contributed by atoms with van der Waals surface area (Å²) < 4.78 is 50.6. The molecular weight excluding hydrogens is 365 g/mol. The molecule has 0 bridgehead atoms. The van der Waals surface area contributed by atoms with Gasteiger partial charge in [-0.2, -0.15) is 0 Å². The van der Waals surface area contributed by atoms with Gasteiger partial charge in [-0.15, -0.1) is 0 Å². The molecule has 1 aromatic carbocycles. The molecule has 2 N–H and O–H groups in total. The van der Waals surface area contributed by atoms with Crippen LogP contribution < -0.4 is 5.56 Å². The van der Waals surface area contributed by atoms with E-state index >= 15 is 0 Å². The molecule has 0 saturated heterocycles. The maximum Gasteiger partial charge on any atom is 0.306 e. The van der Waals surface area contributed by atoms with Gasteiger partial charge in [-0.25, -0.2) is 13.2 Å². The van der Waals surface area contributed by atoms with Crippen molar-refractivity contribution in [2.24, 2.45) is 0 Å². The van der Waals surface area contributed by atoms with Gasteiger partial charge in [0, 0.05) is 18.2 Å². The topological polar surface area (TPSA) is 88.1 Å². The molecule has 9 heteroatoms. The molecule has 0 saturated carbocycles. The van der Waals surface area contributed by atoms with Crippen molar-refractivity contribution in [2.45, 2.75) is 18.8 Å². The number of hydrogen-bond donors (Lipinski definition) is 2. The van der Waals surface area contributed by atoms with Gasteiger partial charge < -0.3 is 14.3 Å². The number of halogens is 3. The molecule has 0 aliphatic carbocycles. The van der Waals surface area contributed by atoms with E-state index in [1.165, 1.54) is 13.4 Å². The van der Waals surface area contributed by atoms with Gasteiger partial charge in [-0.3, -0.25) is 14.7 Å². The number of furan rings is 1. The van der Waals surface area contributed by atoms with Gasteiger partial charge in [0.15, 0.2) is 11.6 Å². The summed E-state index contributed by atoms with van der Waals surface area (Å²) in [5.41, 5.74) is -0.352. The third-order valence-electron chi connectivity index (χ3n) is 4.19. The molecule has 27 heavy (non-hydrogen) atoms. The summed E-state index contributed by atoms with van der Waals surface area (Å²) in [6.45, 7) is 0. The van der Waals surface area contributed by atoms with E-state index in [4.69, 9.17) is 4.42 Å². The number of carbonyl (C=O) groups excluding carboxylic acids is 1. The fourth-order valence-corrected chi connectivity index (χ4v) is 2.89. The lowest BCUT2D eigenvalue weighted by molar-refractivity contribution is -0.140. The van der Waals surface area contributed by atoms with Crippen LogP contribution in [0.1, 0.15) is 34.9 Å². The lowest BCUT2D eigenvalue weighted by Gasteiger charge is -2.13. The summed E-state index contributed by atoms with van der Waals surface area (Å²) in [6, 6.07) is 4.34. The van der Waals surface area contributed by atoms with E-state index in [2.05, 4.69) is 14.9 Å². The van der Waals surface area contributed by atoms with Crippen molar-refractivity contribution >= 4 is 5.97 Å². The Labute approximate surface area is 150 Å². The molecule has 0 amide bonds. The zero-order chi connectivity index (χ0) is 19.6. The molecule has 6 nitrogen and oxygen atoms in total. The zero-order valence-electron chi connectivity index (χ0n) is 14.1. The minimum absolute atomic E-state index is 0.125. The SMILES string of the molecule is COC(=O)CC(c1ccco1)c1c(Cc2cc(F)c(F)cc2F)[nH][nH]c1=O. The maximum absolute atomic E-state index is 14.0. The lowest BCUT2D eigenvalue weighted by atomic mass is 9.91. The van der Waals surface area contributed by atoms with E-state index < -0.39 is 34.9 Å². The summed E-state index contributed by atoms with van der Waals surface area (Å²) in [7, 11) is 1.21. The van der Waals surface area contributed by atoms with E-state index in [-0.39, 0.29) is 29.7 Å². The molecule has 2 aromatic heterocycles. The quantitative estimate of drug-likeness (QED) is 0.508. The number of rotatable bonds is 6. The van der Waals surface area contributed by atoms with E-state index in [0.717, 1.165) is 6.07 Å². The predicted octanol–water partition coefficient (Wildman–Crippen LogP) is 3.00. The molecule has 1 atom stereocenters. The Morgan fingerprint density at radius 3 is 2.59 bits per heavy atom. The van der Waals surface area contributed by atoms with Gasteiger partial charge in [0.05, 0.1) is 31.3 Å². The third kappa shape index (κ3) is 3.81. The van der Waals surface area contributed by atoms with Gasteiger partial charge in [0.2, 0.25) is 0 Å². The fourth-order valence-electron chi connectivity index (χ4n) is 2.89. The minimum atomic E-state index is -1.31. The van der Waals surface area contributed by atoms with E-state index in [0.29, 0.717) is 11.8 Å². The average molecular weight is 380 g/mol. The second-order valence-electron chi connectivity index (χ2n) is 5.85. The second-order valence-corrected chi connectivity index (χ2v) is 5.85. The number of esters is 1. The number of benzene rings is 1. The van der Waals surface area contributed by atoms with E-state index in [1.54, 1.807) is 12.1 Å². The molecule has 0 aliphatic rings. The number of ether oxygens (including phenoxy) is 1. The van der Waals surface area contributed by atoms with Crippen molar-refractivity contribution in [3.8, 4) is 0 Å². The standard InChI is InChI=1S/C18H15F3N2O4/c1-26-16(24)7-10(15-3-2-4-27-15)17-14(22-23-18(17)25)6-9-5-12(20)13(21)8-11(9)19/h2-5,8,10H,6-7H2,1H3,(H2,22,23,25). The number of methoxy groups -OCH3 is 1. The number of nitrogens with one attached hydrogen (secondary N) is 2. The highest BCUT2D eigenvalue weighted by Crippen LogP contribution is 2.30. The molecule has 0 spiro atoms. The van der Waals surface area contributed by atoms with Crippen molar-refractivity contribution in [3.05, 3.63) is 80.9 Å². The summed E-state index contributed by atoms with van der Waals surface area (Å²) >= 11 is 0. The third-order valence-corrected chi connectivity index (χ3v) is 4.19. The Morgan fingerprint density at radius 2 is 1.93 bits per heavy atom.